The summed E-state index contributed by atoms with van der Waals surface area (Å²) < 4.78 is 5.48. The second-order valence-corrected chi connectivity index (χ2v) is 4.24. The number of ketones is 1. The monoisotopic (exact) mass is 233 g/mol. The number of hydrogen-bond donors (Lipinski definition) is 1. The fraction of sp³-hybridized carbons (Fsp3) is 0.385. The van der Waals surface area contributed by atoms with Crippen LogP contribution in [0.25, 0.3) is 0 Å². The van der Waals surface area contributed by atoms with E-state index >= 15 is 0 Å². The van der Waals surface area contributed by atoms with Crippen molar-refractivity contribution in [2.45, 2.75) is 32.8 Å². The minimum Gasteiger partial charge on any atom is -0.483 e. The molecule has 4 nitrogen and oxygen atoms in total. The van der Waals surface area contributed by atoms with Gasteiger partial charge in [-0.3, -0.25) is 9.59 Å². The maximum absolute atomic E-state index is 11.3. The summed E-state index contributed by atoms with van der Waals surface area (Å²) >= 11 is 0. The summed E-state index contributed by atoms with van der Waals surface area (Å²) in [5.41, 5.74) is 1.89. The Labute approximate surface area is 100.0 Å². The SMILES string of the molecule is CC(=O)C(C)Oc1ccc2c(c1)NC(=O)CC2. The number of ether oxygens (including phenoxy) is 1. The van der Waals surface area contributed by atoms with Crippen LogP contribution in [0.3, 0.4) is 0 Å². The van der Waals surface area contributed by atoms with Gasteiger partial charge in [-0.2, -0.15) is 0 Å². The van der Waals surface area contributed by atoms with E-state index in [2.05, 4.69) is 5.32 Å². The first kappa shape index (κ1) is 11.6. The van der Waals surface area contributed by atoms with Gasteiger partial charge < -0.3 is 10.1 Å². The Morgan fingerprint density at radius 3 is 2.88 bits per heavy atom. The molecule has 17 heavy (non-hydrogen) atoms. The molecule has 0 spiro atoms. The van der Waals surface area contributed by atoms with E-state index in [4.69, 9.17) is 4.74 Å². The maximum Gasteiger partial charge on any atom is 0.224 e. The molecule has 1 aromatic rings. The van der Waals surface area contributed by atoms with Gasteiger partial charge in [0.15, 0.2) is 11.9 Å². The zero-order valence-corrected chi connectivity index (χ0v) is 9.95. The lowest BCUT2D eigenvalue weighted by molar-refractivity contribution is -0.123. The van der Waals surface area contributed by atoms with Gasteiger partial charge in [-0.25, -0.2) is 0 Å². The molecule has 0 saturated heterocycles. The molecule has 1 aliphatic rings. The molecule has 0 aliphatic carbocycles. The number of carbonyl (C=O) groups is 2. The minimum absolute atomic E-state index is 0.0215. The number of fused-ring (bicyclic) bond motifs is 1. The Hall–Kier alpha value is -1.84. The standard InChI is InChI=1S/C13H15NO3/c1-8(15)9(2)17-11-5-3-10-4-6-13(16)14-12(10)7-11/h3,5,7,9H,4,6H2,1-2H3,(H,14,16). The van der Waals surface area contributed by atoms with Gasteiger partial charge in [0.1, 0.15) is 5.75 Å². The van der Waals surface area contributed by atoms with Gasteiger partial charge in [-0.1, -0.05) is 6.07 Å². The minimum atomic E-state index is -0.465. The lowest BCUT2D eigenvalue weighted by Gasteiger charge is -2.19. The third kappa shape index (κ3) is 2.64. The first-order valence-corrected chi connectivity index (χ1v) is 5.66. The van der Waals surface area contributed by atoms with E-state index in [1.54, 1.807) is 13.0 Å². The fourth-order valence-corrected chi connectivity index (χ4v) is 1.71. The number of carbonyl (C=O) groups excluding carboxylic acids is 2. The molecule has 0 aromatic heterocycles. The number of hydrogen-bond acceptors (Lipinski definition) is 3. The summed E-state index contributed by atoms with van der Waals surface area (Å²) in [6, 6.07) is 5.53. The van der Waals surface area contributed by atoms with Gasteiger partial charge in [0.05, 0.1) is 0 Å². The van der Waals surface area contributed by atoms with Crippen molar-refractivity contribution in [2.24, 2.45) is 0 Å². The molecule has 1 amide bonds. The number of anilines is 1. The Kier molecular flexibility index (Phi) is 3.13. The molecule has 1 aromatic carbocycles. The predicted octanol–water partition coefficient (Wildman–Crippen LogP) is 1.93. The maximum atomic E-state index is 11.3. The normalized spacial score (nSPS) is 15.8. The van der Waals surface area contributed by atoms with Crippen LogP contribution >= 0.6 is 0 Å². The van der Waals surface area contributed by atoms with Crippen LogP contribution in [0.4, 0.5) is 5.69 Å². The molecule has 0 fully saturated rings. The summed E-state index contributed by atoms with van der Waals surface area (Å²) in [5, 5.41) is 2.80. The molecule has 1 atom stereocenters. The number of rotatable bonds is 3. The lowest BCUT2D eigenvalue weighted by Crippen LogP contribution is -2.22. The largest absolute Gasteiger partial charge is 0.483 e. The van der Waals surface area contributed by atoms with E-state index in [1.165, 1.54) is 6.92 Å². The highest BCUT2D eigenvalue weighted by Gasteiger charge is 2.16. The van der Waals surface area contributed by atoms with Gasteiger partial charge in [-0.05, 0) is 31.9 Å². The summed E-state index contributed by atoms with van der Waals surface area (Å²) in [6.07, 6.45) is 0.813. The average molecular weight is 233 g/mol. The molecule has 1 unspecified atom stereocenters. The van der Waals surface area contributed by atoms with Crippen LogP contribution in [-0.4, -0.2) is 17.8 Å². The summed E-state index contributed by atoms with van der Waals surface area (Å²) in [5.74, 6) is 0.606. The molecule has 1 heterocycles. The van der Waals surface area contributed by atoms with Gasteiger partial charge in [0.25, 0.3) is 0 Å². The van der Waals surface area contributed by atoms with Crippen molar-refractivity contribution in [3.05, 3.63) is 23.8 Å². The Morgan fingerprint density at radius 2 is 2.18 bits per heavy atom. The van der Waals surface area contributed by atoms with E-state index < -0.39 is 6.10 Å². The number of amides is 1. The van der Waals surface area contributed by atoms with Crippen molar-refractivity contribution in [2.75, 3.05) is 5.32 Å². The van der Waals surface area contributed by atoms with Crippen LogP contribution in [0.1, 0.15) is 25.8 Å². The van der Waals surface area contributed by atoms with Gasteiger partial charge in [0, 0.05) is 18.2 Å². The molecule has 0 saturated carbocycles. The van der Waals surface area contributed by atoms with Crippen molar-refractivity contribution in [1.29, 1.82) is 0 Å². The second kappa shape index (κ2) is 4.57. The number of aryl methyl sites for hydroxylation is 1. The highest BCUT2D eigenvalue weighted by Crippen LogP contribution is 2.27. The average Bonchev–Trinajstić information content (AvgIpc) is 2.28. The molecule has 0 radical (unpaired) electrons. The summed E-state index contributed by atoms with van der Waals surface area (Å²) in [4.78, 5) is 22.4. The van der Waals surface area contributed by atoms with Crippen LogP contribution < -0.4 is 10.1 Å². The number of Topliss-reactive ketones (excluding diaryl/α,β-unsaturated/α-hetero) is 1. The van der Waals surface area contributed by atoms with E-state index in [9.17, 15) is 9.59 Å². The third-order valence-corrected chi connectivity index (χ3v) is 2.86. The highest BCUT2D eigenvalue weighted by atomic mass is 16.5. The quantitative estimate of drug-likeness (QED) is 0.867. The van der Waals surface area contributed by atoms with E-state index in [0.717, 1.165) is 17.7 Å². The zero-order chi connectivity index (χ0) is 12.4. The Bertz CT molecular complexity index is 468. The van der Waals surface area contributed by atoms with Crippen molar-refractivity contribution < 1.29 is 14.3 Å². The number of benzene rings is 1. The fourth-order valence-electron chi connectivity index (χ4n) is 1.71. The van der Waals surface area contributed by atoms with Crippen LogP contribution in [0.5, 0.6) is 5.75 Å². The molecule has 1 N–H and O–H groups in total. The van der Waals surface area contributed by atoms with Gasteiger partial charge in [0.2, 0.25) is 5.91 Å². The third-order valence-electron chi connectivity index (χ3n) is 2.86. The topological polar surface area (TPSA) is 55.4 Å². The summed E-state index contributed by atoms with van der Waals surface area (Å²) in [7, 11) is 0. The smallest absolute Gasteiger partial charge is 0.224 e. The second-order valence-electron chi connectivity index (χ2n) is 4.24. The van der Waals surface area contributed by atoms with Crippen LogP contribution in [0.15, 0.2) is 18.2 Å². The van der Waals surface area contributed by atoms with E-state index in [1.807, 2.05) is 12.1 Å². The van der Waals surface area contributed by atoms with Crippen molar-refractivity contribution in [3.63, 3.8) is 0 Å². The van der Waals surface area contributed by atoms with Crippen molar-refractivity contribution in [3.8, 4) is 5.75 Å². The molecular weight excluding hydrogens is 218 g/mol. The molecule has 4 heteroatoms. The first-order valence-electron chi connectivity index (χ1n) is 5.66. The molecule has 0 bridgehead atoms. The predicted molar refractivity (Wildman–Crippen MR) is 64.2 cm³/mol. The summed E-state index contributed by atoms with van der Waals surface area (Å²) in [6.45, 7) is 3.20. The molecule has 1 aliphatic heterocycles. The van der Waals surface area contributed by atoms with E-state index in [0.29, 0.717) is 12.2 Å². The number of nitrogens with one attached hydrogen (secondary N) is 1. The van der Waals surface area contributed by atoms with Crippen molar-refractivity contribution >= 4 is 17.4 Å². The van der Waals surface area contributed by atoms with Crippen LogP contribution in [0.2, 0.25) is 0 Å². The zero-order valence-electron chi connectivity index (χ0n) is 9.95. The molecular formula is C13H15NO3. The Balaban J connectivity index is 2.18. The molecule has 90 valence electrons. The first-order chi connectivity index (χ1) is 8.06. The van der Waals surface area contributed by atoms with Gasteiger partial charge >= 0.3 is 0 Å². The van der Waals surface area contributed by atoms with Crippen LogP contribution in [0, 0.1) is 0 Å². The van der Waals surface area contributed by atoms with E-state index in [-0.39, 0.29) is 11.7 Å². The van der Waals surface area contributed by atoms with Gasteiger partial charge in [-0.15, -0.1) is 0 Å². The molecule has 2 rings (SSSR count). The lowest BCUT2D eigenvalue weighted by atomic mass is 10.0. The Morgan fingerprint density at radius 1 is 1.41 bits per heavy atom. The highest BCUT2D eigenvalue weighted by molar-refractivity contribution is 5.94. The van der Waals surface area contributed by atoms with Crippen LogP contribution in [-0.2, 0) is 16.0 Å². The van der Waals surface area contributed by atoms with Crippen molar-refractivity contribution in [1.82, 2.24) is 0 Å².